The zero-order valence-electron chi connectivity index (χ0n) is 10.9. The largest absolute Gasteiger partial charge is 0.423 e. The van der Waals surface area contributed by atoms with Gasteiger partial charge in [-0.3, -0.25) is 4.79 Å². The van der Waals surface area contributed by atoms with E-state index in [9.17, 15) is 17.6 Å². The molecular formula is C12H10FN3O4S. The lowest BCUT2D eigenvalue weighted by Gasteiger charge is -2.11. The molecule has 0 unspecified atom stereocenters. The Morgan fingerprint density at radius 3 is 2.67 bits per heavy atom. The fourth-order valence-electron chi connectivity index (χ4n) is 2.02. The Kier molecular flexibility index (Phi) is 3.01. The third-order valence-electron chi connectivity index (χ3n) is 3.06. The number of nitrogens with zero attached hydrogens (tertiary/aromatic N) is 3. The molecule has 0 radical (unpaired) electrons. The fourth-order valence-corrected chi connectivity index (χ4v) is 3.55. The Morgan fingerprint density at radius 2 is 2.00 bits per heavy atom. The van der Waals surface area contributed by atoms with Gasteiger partial charge in [0.1, 0.15) is 17.3 Å². The van der Waals surface area contributed by atoms with E-state index in [0.29, 0.717) is 16.6 Å². The molecule has 0 fully saturated rings. The van der Waals surface area contributed by atoms with Crippen LogP contribution in [0.4, 0.5) is 4.39 Å². The molecule has 0 spiro atoms. The lowest BCUT2D eigenvalue weighted by Crippen LogP contribution is -2.29. The van der Waals surface area contributed by atoms with Crippen molar-refractivity contribution >= 4 is 15.9 Å². The molecule has 0 saturated heterocycles. The topological polar surface area (TPSA) is 93.4 Å². The molecule has 0 atom stereocenters. The smallest absolute Gasteiger partial charge is 0.269 e. The first-order chi connectivity index (χ1) is 9.93. The van der Waals surface area contributed by atoms with Gasteiger partial charge in [0.05, 0.1) is 5.56 Å². The monoisotopic (exact) mass is 311 g/mol. The van der Waals surface area contributed by atoms with Gasteiger partial charge >= 0.3 is 0 Å². The van der Waals surface area contributed by atoms with Crippen molar-refractivity contribution in [2.24, 2.45) is 0 Å². The van der Waals surface area contributed by atoms with E-state index in [1.807, 2.05) is 0 Å². The summed E-state index contributed by atoms with van der Waals surface area (Å²) in [5.74, 6) is -1.10. The Hall–Kier alpha value is -2.29. The van der Waals surface area contributed by atoms with Gasteiger partial charge in [0.25, 0.3) is 15.9 Å². The van der Waals surface area contributed by atoms with Crippen molar-refractivity contribution in [3.8, 4) is 0 Å². The summed E-state index contributed by atoms with van der Waals surface area (Å²) >= 11 is 0. The maximum absolute atomic E-state index is 13.2. The number of rotatable bonds is 3. The molecule has 3 rings (SSSR count). The van der Waals surface area contributed by atoms with Crippen LogP contribution in [0.1, 0.15) is 29.1 Å². The molecule has 0 aliphatic carbocycles. The lowest BCUT2D eigenvalue weighted by molar-refractivity contribution is 0.0856. The zero-order valence-corrected chi connectivity index (χ0v) is 11.7. The maximum atomic E-state index is 13.2. The number of sulfonamides is 1. The first kappa shape index (κ1) is 13.7. The average molecular weight is 311 g/mol. The van der Waals surface area contributed by atoms with Crippen LogP contribution in [0.3, 0.4) is 0 Å². The quantitative estimate of drug-likeness (QED) is 0.843. The normalized spacial score (nSPS) is 16.3. The highest BCUT2D eigenvalue weighted by Gasteiger charge is 2.42. The standard InChI is InChI=1S/C12H10FN3O4S/c1-2-10-14-15-11(20-10)6-16-12(17)8-4-3-7(13)5-9(8)21(16,18)19/h3-5H,2,6H2,1H3. The second kappa shape index (κ2) is 4.62. The van der Waals surface area contributed by atoms with Crippen molar-refractivity contribution in [1.29, 1.82) is 0 Å². The first-order valence-corrected chi connectivity index (χ1v) is 7.55. The number of amides is 1. The van der Waals surface area contributed by atoms with E-state index >= 15 is 0 Å². The molecule has 1 aromatic carbocycles. The van der Waals surface area contributed by atoms with Crippen LogP contribution in [0, 0.1) is 5.82 Å². The minimum atomic E-state index is -4.10. The number of hydrogen-bond donors (Lipinski definition) is 0. The van der Waals surface area contributed by atoms with E-state index < -0.39 is 21.7 Å². The van der Waals surface area contributed by atoms with Gasteiger partial charge < -0.3 is 4.42 Å². The molecule has 9 heteroatoms. The van der Waals surface area contributed by atoms with Crippen LogP contribution in [-0.4, -0.2) is 28.8 Å². The van der Waals surface area contributed by atoms with Crippen LogP contribution in [0.5, 0.6) is 0 Å². The van der Waals surface area contributed by atoms with Crippen LogP contribution in [0.2, 0.25) is 0 Å². The zero-order chi connectivity index (χ0) is 15.2. The number of carbonyl (C=O) groups is 1. The summed E-state index contributed by atoms with van der Waals surface area (Å²) in [6.07, 6.45) is 0.499. The Bertz CT molecular complexity index is 831. The van der Waals surface area contributed by atoms with Crippen molar-refractivity contribution in [3.63, 3.8) is 0 Å². The predicted octanol–water partition coefficient (Wildman–Crippen LogP) is 1.12. The highest BCUT2D eigenvalue weighted by molar-refractivity contribution is 7.90. The molecule has 0 saturated carbocycles. The molecule has 0 N–H and O–H groups in total. The molecular weight excluding hydrogens is 301 g/mol. The fraction of sp³-hybridized carbons (Fsp3) is 0.250. The van der Waals surface area contributed by atoms with Gasteiger partial charge in [-0.15, -0.1) is 10.2 Å². The second-order valence-electron chi connectivity index (χ2n) is 4.40. The highest BCUT2D eigenvalue weighted by atomic mass is 32.2. The number of halogens is 1. The molecule has 1 aromatic heterocycles. The molecule has 110 valence electrons. The third kappa shape index (κ3) is 2.09. The third-order valence-corrected chi connectivity index (χ3v) is 4.83. The van der Waals surface area contributed by atoms with E-state index in [2.05, 4.69) is 10.2 Å². The summed E-state index contributed by atoms with van der Waals surface area (Å²) in [4.78, 5) is 11.8. The molecule has 0 bridgehead atoms. The van der Waals surface area contributed by atoms with Crippen LogP contribution in [0.15, 0.2) is 27.5 Å². The van der Waals surface area contributed by atoms with E-state index in [1.165, 1.54) is 0 Å². The summed E-state index contributed by atoms with van der Waals surface area (Å²) < 4.78 is 43.6. The molecule has 1 aliphatic rings. The summed E-state index contributed by atoms with van der Waals surface area (Å²) in [7, 11) is -4.10. The second-order valence-corrected chi connectivity index (χ2v) is 6.23. The number of hydrogen-bond acceptors (Lipinski definition) is 6. The van der Waals surface area contributed by atoms with E-state index in [-0.39, 0.29) is 22.9 Å². The van der Waals surface area contributed by atoms with Gasteiger partial charge in [0.2, 0.25) is 11.8 Å². The molecule has 21 heavy (non-hydrogen) atoms. The van der Waals surface area contributed by atoms with Gasteiger partial charge in [-0.1, -0.05) is 6.92 Å². The van der Waals surface area contributed by atoms with Crippen LogP contribution >= 0.6 is 0 Å². The van der Waals surface area contributed by atoms with Gasteiger partial charge in [-0.05, 0) is 18.2 Å². The molecule has 7 nitrogen and oxygen atoms in total. The summed E-state index contributed by atoms with van der Waals surface area (Å²) in [5.41, 5.74) is -0.0633. The molecule has 2 heterocycles. The predicted molar refractivity (Wildman–Crippen MR) is 67.1 cm³/mol. The van der Waals surface area contributed by atoms with Gasteiger partial charge in [-0.25, -0.2) is 17.1 Å². The number of aryl methyl sites for hydroxylation is 1. The molecule has 1 aliphatic heterocycles. The minimum Gasteiger partial charge on any atom is -0.423 e. The Morgan fingerprint density at radius 1 is 1.29 bits per heavy atom. The number of benzene rings is 1. The van der Waals surface area contributed by atoms with E-state index in [4.69, 9.17) is 4.42 Å². The Balaban J connectivity index is 2.00. The van der Waals surface area contributed by atoms with Gasteiger partial charge in [0.15, 0.2) is 0 Å². The molecule has 2 aromatic rings. The van der Waals surface area contributed by atoms with Crippen molar-refractivity contribution in [1.82, 2.24) is 14.5 Å². The van der Waals surface area contributed by atoms with Gasteiger partial charge in [-0.2, -0.15) is 0 Å². The van der Waals surface area contributed by atoms with Crippen LogP contribution < -0.4 is 0 Å². The number of aromatic nitrogens is 2. The van der Waals surface area contributed by atoms with Crippen molar-refractivity contribution in [2.75, 3.05) is 0 Å². The van der Waals surface area contributed by atoms with E-state index in [0.717, 1.165) is 18.2 Å². The van der Waals surface area contributed by atoms with Crippen molar-refractivity contribution in [3.05, 3.63) is 41.4 Å². The summed E-state index contributed by atoms with van der Waals surface area (Å²) in [6.45, 7) is 1.43. The van der Waals surface area contributed by atoms with Crippen LogP contribution in [0.25, 0.3) is 0 Å². The first-order valence-electron chi connectivity index (χ1n) is 6.11. The summed E-state index contributed by atoms with van der Waals surface area (Å²) in [6, 6.07) is 3.02. The van der Waals surface area contributed by atoms with Gasteiger partial charge in [0, 0.05) is 6.42 Å². The van der Waals surface area contributed by atoms with E-state index in [1.54, 1.807) is 6.92 Å². The maximum Gasteiger partial charge on any atom is 0.269 e. The van der Waals surface area contributed by atoms with Crippen molar-refractivity contribution in [2.45, 2.75) is 24.8 Å². The Labute approximate surface area is 119 Å². The van der Waals surface area contributed by atoms with Crippen molar-refractivity contribution < 1.29 is 22.0 Å². The number of carbonyl (C=O) groups excluding carboxylic acids is 1. The minimum absolute atomic E-state index is 0.0112. The number of fused-ring (bicyclic) bond motifs is 1. The average Bonchev–Trinajstić information content (AvgIpc) is 2.97. The lowest BCUT2D eigenvalue weighted by atomic mass is 10.2. The van der Waals surface area contributed by atoms with Crippen LogP contribution in [-0.2, 0) is 23.0 Å². The summed E-state index contributed by atoms with van der Waals surface area (Å²) in [5, 5.41) is 7.39. The SMILES string of the molecule is CCc1nnc(CN2C(=O)c3ccc(F)cc3S2(=O)=O)o1. The molecule has 1 amide bonds. The highest BCUT2D eigenvalue weighted by Crippen LogP contribution is 2.31.